The predicted octanol–water partition coefficient (Wildman–Crippen LogP) is 4.94. The van der Waals surface area contributed by atoms with Crippen molar-refractivity contribution in [1.82, 2.24) is 20.1 Å². The fraction of sp³-hybridized carbons (Fsp3) is 0.208. The lowest BCUT2D eigenvalue weighted by molar-refractivity contribution is -0.120. The maximum absolute atomic E-state index is 12.8. The minimum absolute atomic E-state index is 0.0461. The zero-order chi connectivity index (χ0) is 21.6. The topological polar surface area (TPSA) is 73.0 Å². The Morgan fingerprint density at radius 2 is 1.71 bits per heavy atom. The molecule has 0 aliphatic rings. The number of benzene rings is 2. The van der Waals surface area contributed by atoms with E-state index >= 15 is 0 Å². The lowest BCUT2D eigenvalue weighted by Crippen LogP contribution is -2.33. The van der Waals surface area contributed by atoms with E-state index in [0.717, 1.165) is 11.1 Å². The van der Waals surface area contributed by atoms with Gasteiger partial charge in [0.25, 0.3) is 0 Å². The van der Waals surface area contributed by atoms with Crippen molar-refractivity contribution in [1.29, 1.82) is 0 Å². The second kappa shape index (κ2) is 9.66. The number of carbonyl (C=O) groups excluding carboxylic acids is 1. The Hall–Kier alpha value is -3.32. The first-order valence-electron chi connectivity index (χ1n) is 10.1. The summed E-state index contributed by atoms with van der Waals surface area (Å²) >= 11 is 1.39. The highest BCUT2D eigenvalue weighted by Crippen LogP contribution is 2.28. The Labute approximate surface area is 185 Å². The van der Waals surface area contributed by atoms with Crippen molar-refractivity contribution in [2.45, 2.75) is 36.8 Å². The number of furan rings is 1. The van der Waals surface area contributed by atoms with Gasteiger partial charge in [-0.1, -0.05) is 72.4 Å². The quantitative estimate of drug-likeness (QED) is 0.399. The molecule has 4 aromatic rings. The molecule has 2 aromatic heterocycles. The van der Waals surface area contributed by atoms with Crippen LogP contribution in [0.4, 0.5) is 0 Å². The summed E-state index contributed by atoms with van der Waals surface area (Å²) in [6.07, 6.45) is 1.62. The molecule has 0 radical (unpaired) electrons. The molecule has 0 spiro atoms. The van der Waals surface area contributed by atoms with Gasteiger partial charge in [0, 0.05) is 0 Å². The summed E-state index contributed by atoms with van der Waals surface area (Å²) in [7, 11) is 0. The summed E-state index contributed by atoms with van der Waals surface area (Å²) in [5.41, 5.74) is 2.19. The summed E-state index contributed by atoms with van der Waals surface area (Å²) in [6, 6.07) is 23.6. The van der Waals surface area contributed by atoms with Crippen LogP contribution < -0.4 is 5.32 Å². The highest BCUT2D eigenvalue weighted by molar-refractivity contribution is 8.00. The smallest absolute Gasteiger partial charge is 0.233 e. The molecule has 1 N–H and O–H groups in total. The molecule has 2 atom stereocenters. The molecule has 4 rings (SSSR count). The highest BCUT2D eigenvalue weighted by Gasteiger charge is 2.23. The molecular formula is C24H24N4O2S. The van der Waals surface area contributed by atoms with Crippen LogP contribution in [0.3, 0.4) is 0 Å². The monoisotopic (exact) mass is 432 g/mol. The molecule has 7 heteroatoms. The largest absolute Gasteiger partial charge is 0.461 e. The molecule has 0 aliphatic carbocycles. The van der Waals surface area contributed by atoms with E-state index in [-0.39, 0.29) is 17.2 Å². The fourth-order valence-corrected chi connectivity index (χ4v) is 4.10. The first-order valence-corrected chi connectivity index (χ1v) is 11.0. The molecule has 1 amide bonds. The molecule has 0 saturated carbocycles. The Bertz CT molecular complexity index is 1110. The number of aromatic nitrogens is 3. The number of hydrogen-bond donors (Lipinski definition) is 1. The van der Waals surface area contributed by atoms with Gasteiger partial charge in [0.2, 0.25) is 11.7 Å². The van der Waals surface area contributed by atoms with Gasteiger partial charge in [-0.15, -0.1) is 10.2 Å². The van der Waals surface area contributed by atoms with Crippen LogP contribution in [0.5, 0.6) is 0 Å². The molecule has 0 saturated heterocycles. The Balaban J connectivity index is 1.52. The van der Waals surface area contributed by atoms with E-state index in [1.165, 1.54) is 11.8 Å². The van der Waals surface area contributed by atoms with Crippen molar-refractivity contribution in [2.24, 2.45) is 0 Å². The molecule has 158 valence electrons. The van der Waals surface area contributed by atoms with E-state index in [1.807, 2.05) is 79.1 Å². The molecule has 2 heterocycles. The fourth-order valence-electron chi connectivity index (χ4n) is 3.24. The van der Waals surface area contributed by atoms with Crippen LogP contribution in [0.2, 0.25) is 0 Å². The number of amides is 1. The second-order valence-corrected chi connectivity index (χ2v) is 8.56. The van der Waals surface area contributed by atoms with Crippen LogP contribution in [0.15, 0.2) is 88.6 Å². The lowest BCUT2D eigenvalue weighted by atomic mass is 10.1. The maximum atomic E-state index is 12.8. The molecule has 2 unspecified atom stereocenters. The van der Waals surface area contributed by atoms with Gasteiger partial charge >= 0.3 is 0 Å². The van der Waals surface area contributed by atoms with Crippen molar-refractivity contribution in [3.8, 4) is 11.6 Å². The molecule has 0 bridgehead atoms. The Morgan fingerprint density at radius 1 is 1.00 bits per heavy atom. The molecule has 0 aliphatic heterocycles. The van der Waals surface area contributed by atoms with E-state index in [9.17, 15) is 4.79 Å². The lowest BCUT2D eigenvalue weighted by Gasteiger charge is -2.18. The minimum Gasteiger partial charge on any atom is -0.461 e. The van der Waals surface area contributed by atoms with Crippen molar-refractivity contribution in [2.75, 3.05) is 0 Å². The number of nitrogens with one attached hydrogen (secondary N) is 1. The van der Waals surface area contributed by atoms with Gasteiger partial charge in [-0.25, -0.2) is 0 Å². The first kappa shape index (κ1) is 20.9. The third kappa shape index (κ3) is 5.06. The van der Waals surface area contributed by atoms with E-state index in [0.29, 0.717) is 23.3 Å². The van der Waals surface area contributed by atoms with Gasteiger partial charge in [-0.2, -0.15) is 0 Å². The summed E-state index contributed by atoms with van der Waals surface area (Å²) in [6.45, 7) is 4.45. The highest BCUT2D eigenvalue weighted by atomic mass is 32.2. The van der Waals surface area contributed by atoms with Crippen molar-refractivity contribution in [3.05, 3.63) is 90.2 Å². The van der Waals surface area contributed by atoms with E-state index in [2.05, 4.69) is 27.6 Å². The van der Waals surface area contributed by atoms with Crippen LogP contribution in [0.1, 0.15) is 31.0 Å². The third-order valence-corrected chi connectivity index (χ3v) is 6.03. The summed E-state index contributed by atoms with van der Waals surface area (Å²) in [4.78, 5) is 12.8. The number of rotatable bonds is 8. The van der Waals surface area contributed by atoms with Crippen LogP contribution >= 0.6 is 11.8 Å². The van der Waals surface area contributed by atoms with Crippen LogP contribution in [0, 0.1) is 0 Å². The predicted molar refractivity (Wildman–Crippen MR) is 122 cm³/mol. The van der Waals surface area contributed by atoms with Gasteiger partial charge in [0.15, 0.2) is 10.9 Å². The standard InChI is InChI=1S/C24H24N4O2S/c1-17(20-12-7-4-8-13-20)25-23(29)18(2)31-24-27-26-22(21-14-9-15-30-21)28(24)16-19-10-5-3-6-11-19/h3-15,17-18H,16H2,1-2H3,(H,25,29). The van der Waals surface area contributed by atoms with Crippen molar-refractivity contribution < 1.29 is 9.21 Å². The van der Waals surface area contributed by atoms with Gasteiger partial charge < -0.3 is 9.73 Å². The SMILES string of the molecule is CC(Sc1nnc(-c2ccco2)n1Cc1ccccc1)C(=O)NC(C)c1ccccc1. The zero-order valence-corrected chi connectivity index (χ0v) is 18.3. The van der Waals surface area contributed by atoms with Crippen LogP contribution in [-0.2, 0) is 11.3 Å². The van der Waals surface area contributed by atoms with Gasteiger partial charge in [0.1, 0.15) is 0 Å². The van der Waals surface area contributed by atoms with E-state index < -0.39 is 0 Å². The molecule has 0 fully saturated rings. The normalized spacial score (nSPS) is 13.0. The number of nitrogens with zero attached hydrogens (tertiary/aromatic N) is 3. The zero-order valence-electron chi connectivity index (χ0n) is 17.4. The maximum Gasteiger partial charge on any atom is 0.233 e. The van der Waals surface area contributed by atoms with Crippen LogP contribution in [-0.4, -0.2) is 25.9 Å². The molecule has 31 heavy (non-hydrogen) atoms. The Morgan fingerprint density at radius 3 is 2.39 bits per heavy atom. The number of carbonyl (C=O) groups is 1. The van der Waals surface area contributed by atoms with Gasteiger partial charge in [-0.05, 0) is 37.1 Å². The van der Waals surface area contributed by atoms with Gasteiger partial charge in [0.05, 0.1) is 24.1 Å². The van der Waals surface area contributed by atoms with Gasteiger partial charge in [-0.3, -0.25) is 9.36 Å². The number of thioether (sulfide) groups is 1. The molecule has 2 aromatic carbocycles. The average Bonchev–Trinajstić information content (AvgIpc) is 3.45. The van der Waals surface area contributed by atoms with Crippen LogP contribution in [0.25, 0.3) is 11.6 Å². The Kier molecular flexibility index (Phi) is 6.52. The number of hydrogen-bond acceptors (Lipinski definition) is 5. The first-order chi connectivity index (χ1) is 15.1. The summed E-state index contributed by atoms with van der Waals surface area (Å²) in [5.74, 6) is 1.24. The van der Waals surface area contributed by atoms with Crippen molar-refractivity contribution >= 4 is 17.7 Å². The summed E-state index contributed by atoms with van der Waals surface area (Å²) in [5, 5.41) is 12.1. The second-order valence-electron chi connectivity index (χ2n) is 7.26. The average molecular weight is 433 g/mol. The van der Waals surface area contributed by atoms with E-state index in [4.69, 9.17) is 4.42 Å². The van der Waals surface area contributed by atoms with E-state index in [1.54, 1.807) is 6.26 Å². The molecule has 6 nitrogen and oxygen atoms in total. The summed E-state index contributed by atoms with van der Waals surface area (Å²) < 4.78 is 7.54. The molecular weight excluding hydrogens is 408 g/mol. The minimum atomic E-state index is -0.339. The van der Waals surface area contributed by atoms with Crippen molar-refractivity contribution in [3.63, 3.8) is 0 Å². The third-order valence-electron chi connectivity index (χ3n) is 4.95.